The van der Waals surface area contributed by atoms with Gasteiger partial charge in [0.25, 0.3) is 5.91 Å². The Kier molecular flexibility index (Phi) is 7.03. The zero-order valence-corrected chi connectivity index (χ0v) is 19.5. The molecule has 3 heterocycles. The van der Waals surface area contributed by atoms with E-state index < -0.39 is 0 Å². The summed E-state index contributed by atoms with van der Waals surface area (Å²) in [6, 6.07) is 13.6. The lowest BCUT2D eigenvalue weighted by Gasteiger charge is -2.26. The SMILES string of the molecule is CCN(CC)c1ccc(CN(C(=O)C2=CN(c3cccnc3)NN2C)c2ccc(F)cc2)cn1. The molecule has 3 aromatic rings. The number of likely N-dealkylation sites (N-methyl/N-ethyl adjacent to an activating group) is 1. The minimum absolute atomic E-state index is 0.235. The summed E-state index contributed by atoms with van der Waals surface area (Å²) in [7, 11) is 1.77. The molecule has 0 unspecified atom stereocenters. The Hall–Kier alpha value is -3.98. The minimum Gasteiger partial charge on any atom is -0.357 e. The Labute approximate surface area is 198 Å². The topological polar surface area (TPSA) is 67.8 Å². The van der Waals surface area contributed by atoms with Crippen LogP contribution in [0, 0.1) is 5.82 Å². The lowest BCUT2D eigenvalue weighted by molar-refractivity contribution is -0.116. The smallest absolute Gasteiger partial charge is 0.277 e. The third-order valence-corrected chi connectivity index (χ3v) is 5.63. The molecule has 1 N–H and O–H groups in total. The molecule has 0 saturated heterocycles. The van der Waals surface area contributed by atoms with E-state index in [1.54, 1.807) is 58.9 Å². The molecule has 0 aliphatic carbocycles. The number of hydrogen-bond donors (Lipinski definition) is 1. The lowest BCUT2D eigenvalue weighted by atomic mass is 10.2. The molecule has 34 heavy (non-hydrogen) atoms. The Balaban J connectivity index is 1.62. The third kappa shape index (κ3) is 4.99. The van der Waals surface area contributed by atoms with E-state index in [1.165, 1.54) is 12.1 Å². The summed E-state index contributed by atoms with van der Waals surface area (Å²) < 4.78 is 13.6. The fourth-order valence-electron chi connectivity index (χ4n) is 3.75. The quantitative estimate of drug-likeness (QED) is 0.549. The number of amides is 1. The summed E-state index contributed by atoms with van der Waals surface area (Å²) in [6.45, 7) is 6.19. The predicted molar refractivity (Wildman–Crippen MR) is 131 cm³/mol. The summed E-state index contributed by atoms with van der Waals surface area (Å²) in [4.78, 5) is 26.2. The molecule has 1 aromatic carbocycles. The average molecular weight is 462 g/mol. The van der Waals surface area contributed by atoms with Crippen LogP contribution in [-0.2, 0) is 11.3 Å². The summed E-state index contributed by atoms with van der Waals surface area (Å²) in [5.74, 6) is 0.298. The Bertz CT molecular complexity index is 1130. The number of pyridine rings is 2. The molecule has 9 heteroatoms. The predicted octanol–water partition coefficient (Wildman–Crippen LogP) is 3.71. The van der Waals surface area contributed by atoms with Crippen molar-refractivity contribution in [3.05, 3.63) is 90.4 Å². The molecule has 0 fully saturated rings. The van der Waals surface area contributed by atoms with Crippen molar-refractivity contribution < 1.29 is 9.18 Å². The molecular formula is C25H28FN7O. The highest BCUT2D eigenvalue weighted by Crippen LogP contribution is 2.25. The summed E-state index contributed by atoms with van der Waals surface area (Å²) in [5, 5.41) is 3.37. The van der Waals surface area contributed by atoms with E-state index in [9.17, 15) is 9.18 Å². The van der Waals surface area contributed by atoms with E-state index in [0.29, 0.717) is 11.4 Å². The van der Waals surface area contributed by atoms with Crippen molar-refractivity contribution in [1.82, 2.24) is 20.5 Å². The van der Waals surface area contributed by atoms with E-state index in [0.717, 1.165) is 30.2 Å². The van der Waals surface area contributed by atoms with E-state index in [2.05, 4.69) is 34.3 Å². The van der Waals surface area contributed by atoms with Gasteiger partial charge in [-0.1, -0.05) is 6.07 Å². The number of anilines is 3. The molecule has 4 rings (SSSR count). The van der Waals surface area contributed by atoms with Crippen molar-refractivity contribution in [2.24, 2.45) is 0 Å². The fourth-order valence-corrected chi connectivity index (χ4v) is 3.75. The summed E-state index contributed by atoms with van der Waals surface area (Å²) in [6.07, 6.45) is 6.89. The molecule has 0 radical (unpaired) electrons. The van der Waals surface area contributed by atoms with Gasteiger partial charge in [0.2, 0.25) is 0 Å². The van der Waals surface area contributed by atoms with Crippen LogP contribution >= 0.6 is 0 Å². The molecule has 176 valence electrons. The van der Waals surface area contributed by atoms with Crippen LogP contribution < -0.4 is 20.3 Å². The number of benzene rings is 1. The standard InChI is InChI=1S/C25H28FN7O/c1-4-31(5-2)24-13-8-19(15-28-24)17-32(21-11-9-20(26)10-12-21)25(34)23-18-33(29-30(23)3)22-7-6-14-27-16-22/h6-16,18,29H,4-5,17H2,1-3H3. The molecule has 0 spiro atoms. The zero-order valence-electron chi connectivity index (χ0n) is 19.5. The number of aromatic nitrogens is 2. The minimum atomic E-state index is -0.358. The van der Waals surface area contributed by atoms with Gasteiger partial charge in [-0.25, -0.2) is 9.37 Å². The molecule has 0 bridgehead atoms. The van der Waals surface area contributed by atoms with Gasteiger partial charge in [0.1, 0.15) is 17.3 Å². The highest BCUT2D eigenvalue weighted by atomic mass is 19.1. The summed E-state index contributed by atoms with van der Waals surface area (Å²) >= 11 is 0. The van der Waals surface area contributed by atoms with E-state index in [1.807, 2.05) is 24.3 Å². The first-order chi connectivity index (χ1) is 16.5. The van der Waals surface area contributed by atoms with E-state index >= 15 is 0 Å². The van der Waals surface area contributed by atoms with Gasteiger partial charge in [-0.2, -0.15) is 0 Å². The lowest BCUT2D eigenvalue weighted by Crippen LogP contribution is -2.42. The number of carbonyl (C=O) groups is 1. The molecule has 1 aliphatic rings. The number of nitrogens with zero attached hydrogens (tertiary/aromatic N) is 6. The Morgan fingerprint density at radius 3 is 2.44 bits per heavy atom. The molecule has 1 amide bonds. The second kappa shape index (κ2) is 10.3. The van der Waals surface area contributed by atoms with Crippen molar-refractivity contribution in [2.45, 2.75) is 20.4 Å². The number of rotatable bonds is 8. The first-order valence-corrected chi connectivity index (χ1v) is 11.2. The zero-order chi connectivity index (χ0) is 24.1. The van der Waals surface area contributed by atoms with Crippen LogP contribution in [0.5, 0.6) is 0 Å². The van der Waals surface area contributed by atoms with Gasteiger partial charge < -0.3 is 9.80 Å². The molecule has 8 nitrogen and oxygen atoms in total. The van der Waals surface area contributed by atoms with Gasteiger partial charge in [0.15, 0.2) is 0 Å². The maximum atomic E-state index is 13.7. The monoisotopic (exact) mass is 461 g/mol. The molecule has 0 saturated carbocycles. The van der Waals surface area contributed by atoms with Crippen LogP contribution in [0.25, 0.3) is 0 Å². The number of halogens is 1. The van der Waals surface area contributed by atoms with Crippen LogP contribution in [-0.4, -0.2) is 41.0 Å². The van der Waals surface area contributed by atoms with Gasteiger partial charge in [0, 0.05) is 38.2 Å². The Morgan fingerprint density at radius 1 is 1.06 bits per heavy atom. The second-order valence-corrected chi connectivity index (χ2v) is 7.82. The maximum absolute atomic E-state index is 13.7. The number of hydrazine groups is 2. The van der Waals surface area contributed by atoms with Crippen molar-refractivity contribution in [1.29, 1.82) is 0 Å². The molecule has 2 aromatic heterocycles. The first kappa shape index (κ1) is 23.2. The van der Waals surface area contributed by atoms with Crippen LogP contribution in [0.4, 0.5) is 21.6 Å². The Morgan fingerprint density at radius 2 is 1.82 bits per heavy atom. The number of carbonyl (C=O) groups excluding carboxylic acids is 1. The van der Waals surface area contributed by atoms with Gasteiger partial charge in [-0.05, 0) is 61.9 Å². The summed E-state index contributed by atoms with van der Waals surface area (Å²) in [5.41, 5.74) is 5.81. The second-order valence-electron chi connectivity index (χ2n) is 7.82. The number of nitrogens with one attached hydrogen (secondary N) is 1. The first-order valence-electron chi connectivity index (χ1n) is 11.2. The average Bonchev–Trinajstić information content (AvgIpc) is 3.26. The molecular weight excluding hydrogens is 433 g/mol. The van der Waals surface area contributed by atoms with Crippen molar-refractivity contribution in [3.63, 3.8) is 0 Å². The van der Waals surface area contributed by atoms with E-state index in [4.69, 9.17) is 0 Å². The molecule has 0 atom stereocenters. The van der Waals surface area contributed by atoms with Crippen LogP contribution in [0.1, 0.15) is 19.4 Å². The van der Waals surface area contributed by atoms with Crippen LogP contribution in [0.15, 0.2) is 79.0 Å². The van der Waals surface area contributed by atoms with Crippen molar-refractivity contribution in [2.75, 3.05) is 34.9 Å². The third-order valence-electron chi connectivity index (χ3n) is 5.63. The van der Waals surface area contributed by atoms with Crippen molar-refractivity contribution >= 4 is 23.1 Å². The largest absolute Gasteiger partial charge is 0.357 e. The van der Waals surface area contributed by atoms with Crippen LogP contribution in [0.3, 0.4) is 0 Å². The van der Waals surface area contributed by atoms with E-state index in [-0.39, 0.29) is 18.3 Å². The number of hydrogen-bond acceptors (Lipinski definition) is 7. The van der Waals surface area contributed by atoms with Gasteiger partial charge in [0.05, 0.1) is 24.6 Å². The van der Waals surface area contributed by atoms with Gasteiger partial charge in [-0.15, -0.1) is 5.53 Å². The maximum Gasteiger partial charge on any atom is 0.277 e. The highest BCUT2D eigenvalue weighted by Gasteiger charge is 2.29. The van der Waals surface area contributed by atoms with Gasteiger partial charge in [-0.3, -0.25) is 19.8 Å². The fraction of sp³-hybridized carbons (Fsp3) is 0.240. The molecule has 1 aliphatic heterocycles. The van der Waals surface area contributed by atoms with Crippen molar-refractivity contribution in [3.8, 4) is 0 Å². The van der Waals surface area contributed by atoms with Gasteiger partial charge >= 0.3 is 0 Å². The highest BCUT2D eigenvalue weighted by molar-refractivity contribution is 6.05. The van der Waals surface area contributed by atoms with Crippen LogP contribution in [0.2, 0.25) is 0 Å². The normalized spacial score (nSPS) is 13.1.